The second-order valence-electron chi connectivity index (χ2n) is 3.25. The molecule has 0 aromatic rings. The Kier molecular flexibility index (Phi) is 3.77. The number of nitrogens with zero attached hydrogens (tertiary/aromatic N) is 1. The van der Waals surface area contributed by atoms with Crippen molar-refractivity contribution < 1.29 is 10.2 Å². The summed E-state index contributed by atoms with van der Waals surface area (Å²) >= 11 is 1.48. The molecule has 4 heteroatoms. The Bertz CT molecular complexity index is 358. The monoisotopic (exact) mass is 225 g/mol. The highest BCUT2D eigenvalue weighted by Crippen LogP contribution is 2.32. The predicted molar refractivity (Wildman–Crippen MR) is 65.2 cm³/mol. The Morgan fingerprint density at radius 3 is 2.87 bits per heavy atom. The first-order valence-electron chi connectivity index (χ1n) is 4.60. The summed E-state index contributed by atoms with van der Waals surface area (Å²) in [5, 5.41) is 20.7. The summed E-state index contributed by atoms with van der Waals surface area (Å²) in [6, 6.07) is 0. The van der Waals surface area contributed by atoms with Gasteiger partial charge in [-0.15, -0.1) is 11.8 Å². The van der Waals surface area contributed by atoms with Crippen molar-refractivity contribution in [3.63, 3.8) is 0 Å². The van der Waals surface area contributed by atoms with E-state index in [1.165, 1.54) is 30.1 Å². The molecule has 0 spiro atoms. The average molecular weight is 225 g/mol. The van der Waals surface area contributed by atoms with Gasteiger partial charge in [0.1, 0.15) is 11.4 Å². The van der Waals surface area contributed by atoms with E-state index in [0.29, 0.717) is 12.0 Å². The van der Waals surface area contributed by atoms with Crippen LogP contribution in [0.2, 0.25) is 0 Å². The molecule has 2 N–H and O–H groups in total. The van der Waals surface area contributed by atoms with Gasteiger partial charge in [-0.25, -0.2) is 0 Å². The Balaban J connectivity index is 3.15. The van der Waals surface area contributed by atoms with E-state index in [9.17, 15) is 10.2 Å². The number of hydrogen-bond donors (Lipinski definition) is 2. The Morgan fingerprint density at radius 2 is 2.40 bits per heavy atom. The summed E-state index contributed by atoms with van der Waals surface area (Å²) in [7, 11) is 0. The lowest BCUT2D eigenvalue weighted by molar-refractivity contribution is 0.132. The van der Waals surface area contributed by atoms with Crippen LogP contribution in [0.4, 0.5) is 0 Å². The molecule has 1 rings (SSSR count). The topological polar surface area (TPSA) is 52.8 Å². The maximum absolute atomic E-state index is 10.3. The van der Waals surface area contributed by atoms with Crippen LogP contribution in [-0.2, 0) is 0 Å². The molecule has 0 fully saturated rings. The maximum atomic E-state index is 10.3. The van der Waals surface area contributed by atoms with Gasteiger partial charge in [0.2, 0.25) is 0 Å². The van der Waals surface area contributed by atoms with Gasteiger partial charge in [0.25, 0.3) is 0 Å². The quantitative estimate of drug-likeness (QED) is 0.560. The Hall–Kier alpha value is -1.00. The maximum Gasteiger partial charge on any atom is 0.119 e. The van der Waals surface area contributed by atoms with Crippen LogP contribution < -0.4 is 0 Å². The first kappa shape index (κ1) is 12.1. The third-order valence-corrected chi connectivity index (χ3v) is 3.07. The minimum atomic E-state index is -1.21. The number of aliphatic imine (C=N–C) groups is 1. The van der Waals surface area contributed by atoms with Crippen molar-refractivity contribution >= 4 is 16.8 Å². The molecule has 0 aromatic carbocycles. The van der Waals surface area contributed by atoms with E-state index in [2.05, 4.69) is 11.6 Å². The van der Waals surface area contributed by atoms with E-state index in [0.717, 1.165) is 5.04 Å². The number of thioether (sulfide) groups is 1. The van der Waals surface area contributed by atoms with Gasteiger partial charge in [-0.05, 0) is 19.3 Å². The van der Waals surface area contributed by atoms with Crippen molar-refractivity contribution in [2.24, 2.45) is 4.99 Å². The predicted octanol–water partition coefficient (Wildman–Crippen LogP) is 2.41. The highest BCUT2D eigenvalue weighted by Gasteiger charge is 2.34. The Labute approximate surface area is 93.9 Å². The van der Waals surface area contributed by atoms with Gasteiger partial charge in [0, 0.05) is 18.2 Å². The van der Waals surface area contributed by atoms with E-state index in [4.69, 9.17) is 0 Å². The number of allylic oxidation sites excluding steroid dienone is 1. The third-order valence-electron chi connectivity index (χ3n) is 2.35. The largest absolute Gasteiger partial charge is 0.508 e. The van der Waals surface area contributed by atoms with E-state index in [1.807, 2.05) is 6.26 Å². The molecule has 3 nitrogen and oxygen atoms in total. The van der Waals surface area contributed by atoms with Gasteiger partial charge < -0.3 is 10.2 Å². The number of aliphatic hydroxyl groups excluding tert-OH is 1. The molecule has 1 aliphatic heterocycles. The number of aliphatic hydroxyl groups is 2. The minimum Gasteiger partial charge on any atom is -0.508 e. The molecule has 1 unspecified atom stereocenters. The van der Waals surface area contributed by atoms with Gasteiger partial charge in [0.05, 0.1) is 5.04 Å². The van der Waals surface area contributed by atoms with Crippen LogP contribution in [0.1, 0.15) is 13.3 Å². The molecule has 15 heavy (non-hydrogen) atoms. The molecular formula is C11H15NO2S. The molecule has 0 saturated carbocycles. The fraction of sp³-hybridized carbons (Fsp3) is 0.364. The average Bonchev–Trinajstić information content (AvgIpc) is 2.27. The first-order valence-corrected chi connectivity index (χ1v) is 5.82. The van der Waals surface area contributed by atoms with Crippen LogP contribution in [0.5, 0.6) is 0 Å². The SMILES string of the molecule is C=CC1(O)CC(SC)=NC=C1C(O)=CC. The lowest BCUT2D eigenvalue weighted by atomic mass is 9.88. The molecule has 1 heterocycles. The normalized spacial score (nSPS) is 27.0. The molecule has 1 atom stereocenters. The third kappa shape index (κ3) is 2.33. The highest BCUT2D eigenvalue weighted by molar-refractivity contribution is 8.13. The summed E-state index contributed by atoms with van der Waals surface area (Å²) in [6.07, 6.45) is 6.72. The lowest BCUT2D eigenvalue weighted by Crippen LogP contribution is -2.33. The lowest BCUT2D eigenvalue weighted by Gasteiger charge is -2.29. The molecule has 1 aliphatic rings. The van der Waals surface area contributed by atoms with Crippen molar-refractivity contribution in [1.82, 2.24) is 0 Å². The van der Waals surface area contributed by atoms with Crippen LogP contribution in [0, 0.1) is 0 Å². The zero-order chi connectivity index (χ0) is 11.5. The fourth-order valence-corrected chi connectivity index (χ4v) is 1.89. The van der Waals surface area contributed by atoms with Crippen LogP contribution >= 0.6 is 11.8 Å². The number of rotatable bonds is 2. The Morgan fingerprint density at radius 1 is 1.73 bits per heavy atom. The highest BCUT2D eigenvalue weighted by atomic mass is 32.2. The summed E-state index contributed by atoms with van der Waals surface area (Å²) in [5.74, 6) is 0.0429. The first-order chi connectivity index (χ1) is 7.07. The zero-order valence-corrected chi connectivity index (χ0v) is 9.71. The molecular weight excluding hydrogens is 210 g/mol. The van der Waals surface area contributed by atoms with E-state index in [-0.39, 0.29) is 5.76 Å². The molecule has 0 aromatic heterocycles. The smallest absolute Gasteiger partial charge is 0.119 e. The molecule has 0 saturated heterocycles. The van der Waals surface area contributed by atoms with Crippen molar-refractivity contribution in [3.8, 4) is 0 Å². The summed E-state index contributed by atoms with van der Waals surface area (Å²) in [4.78, 5) is 4.15. The second-order valence-corrected chi connectivity index (χ2v) is 4.13. The molecule has 0 bridgehead atoms. The summed E-state index contributed by atoms with van der Waals surface area (Å²) < 4.78 is 0. The van der Waals surface area contributed by atoms with Crippen molar-refractivity contribution in [1.29, 1.82) is 0 Å². The van der Waals surface area contributed by atoms with Gasteiger partial charge in [0.15, 0.2) is 0 Å². The van der Waals surface area contributed by atoms with Crippen molar-refractivity contribution in [3.05, 3.63) is 36.3 Å². The number of hydrogen-bond acceptors (Lipinski definition) is 4. The standard InChI is InChI=1S/C11H15NO2S/c1-4-9(13)8-7-12-10(15-3)6-11(8,14)5-2/h4-5,7,13-14H,2,6H2,1,3H3. The van der Waals surface area contributed by atoms with E-state index in [1.54, 1.807) is 6.92 Å². The van der Waals surface area contributed by atoms with Crippen LogP contribution in [-0.4, -0.2) is 27.1 Å². The van der Waals surface area contributed by atoms with Gasteiger partial charge >= 0.3 is 0 Å². The van der Waals surface area contributed by atoms with Gasteiger partial charge in [-0.1, -0.05) is 12.7 Å². The van der Waals surface area contributed by atoms with Crippen LogP contribution in [0.25, 0.3) is 0 Å². The molecule has 0 radical (unpaired) electrons. The van der Waals surface area contributed by atoms with E-state index < -0.39 is 5.60 Å². The van der Waals surface area contributed by atoms with Gasteiger partial charge in [-0.2, -0.15) is 0 Å². The second kappa shape index (κ2) is 4.68. The van der Waals surface area contributed by atoms with Crippen molar-refractivity contribution in [2.75, 3.05) is 6.26 Å². The fourth-order valence-electron chi connectivity index (χ4n) is 1.37. The molecule has 82 valence electrons. The summed E-state index contributed by atoms with van der Waals surface area (Å²) in [6.45, 7) is 5.30. The zero-order valence-electron chi connectivity index (χ0n) is 8.90. The van der Waals surface area contributed by atoms with E-state index >= 15 is 0 Å². The molecule has 0 amide bonds. The minimum absolute atomic E-state index is 0.0429. The van der Waals surface area contributed by atoms with Crippen molar-refractivity contribution in [2.45, 2.75) is 18.9 Å². The van der Waals surface area contributed by atoms with Gasteiger partial charge in [-0.3, -0.25) is 4.99 Å². The summed E-state index contributed by atoms with van der Waals surface area (Å²) in [5.41, 5.74) is -0.811. The van der Waals surface area contributed by atoms with Crippen LogP contribution in [0.3, 0.4) is 0 Å². The van der Waals surface area contributed by atoms with Crippen LogP contribution in [0.15, 0.2) is 41.3 Å². The molecule has 0 aliphatic carbocycles.